The minimum absolute atomic E-state index is 0.0365. The number of nitrogens with one attached hydrogen (secondary N) is 1. The van der Waals surface area contributed by atoms with E-state index in [2.05, 4.69) is 5.32 Å². The first-order valence-electron chi connectivity index (χ1n) is 5.97. The average Bonchev–Trinajstić information content (AvgIpc) is 2.41. The highest BCUT2D eigenvalue weighted by Crippen LogP contribution is 2.02. The van der Waals surface area contributed by atoms with Crippen LogP contribution in [0.3, 0.4) is 0 Å². The zero-order chi connectivity index (χ0) is 15.0. The first kappa shape index (κ1) is 15.5. The van der Waals surface area contributed by atoms with Gasteiger partial charge in [-0.25, -0.2) is 9.59 Å². The molecular weight excluding hydrogens is 265 g/mol. The van der Waals surface area contributed by atoms with Crippen LogP contribution in [-0.2, 0) is 20.9 Å². The summed E-state index contributed by atoms with van der Waals surface area (Å²) in [5, 5.41) is 11.1. The number of hydrogen-bond donors (Lipinski definition) is 3. The Morgan fingerprint density at radius 3 is 2.45 bits per heavy atom. The maximum atomic E-state index is 11.5. The molecule has 7 heteroatoms. The Bertz CT molecular complexity index is 475. The lowest BCUT2D eigenvalue weighted by molar-refractivity contribution is -0.139. The van der Waals surface area contributed by atoms with Gasteiger partial charge in [0.15, 0.2) is 0 Å². The fraction of sp³-hybridized carbons (Fsp3) is 0.308. The number of carboxylic acids is 1. The van der Waals surface area contributed by atoms with Crippen LogP contribution >= 0.6 is 0 Å². The molecule has 0 aliphatic rings. The lowest BCUT2D eigenvalue weighted by Gasteiger charge is -2.13. The van der Waals surface area contributed by atoms with E-state index in [-0.39, 0.29) is 19.4 Å². The number of nitrogens with two attached hydrogens (primary N) is 1. The number of primary amides is 1. The van der Waals surface area contributed by atoms with Crippen molar-refractivity contribution < 1.29 is 24.2 Å². The smallest absolute Gasteiger partial charge is 0.408 e. The van der Waals surface area contributed by atoms with E-state index >= 15 is 0 Å². The van der Waals surface area contributed by atoms with Crippen molar-refractivity contribution in [3.8, 4) is 0 Å². The van der Waals surface area contributed by atoms with Gasteiger partial charge in [0, 0.05) is 6.42 Å². The molecule has 1 rings (SSSR count). The molecule has 20 heavy (non-hydrogen) atoms. The molecule has 108 valence electrons. The number of carbonyl (C=O) groups excluding carboxylic acids is 2. The molecule has 0 aromatic heterocycles. The quantitative estimate of drug-likeness (QED) is 0.633. The SMILES string of the molecule is NC(=O)[13CH2]C[C@H](NC(=O)OCc1ccccc1)C(=O)O. The van der Waals surface area contributed by atoms with Crippen LogP contribution in [0, 0.1) is 0 Å². The normalized spacial score (nSPS) is 11.4. The molecule has 0 saturated carbocycles. The Labute approximate surface area is 115 Å². The van der Waals surface area contributed by atoms with E-state index in [1.54, 1.807) is 24.3 Å². The van der Waals surface area contributed by atoms with E-state index in [4.69, 9.17) is 15.6 Å². The first-order chi connectivity index (χ1) is 9.49. The van der Waals surface area contributed by atoms with Crippen molar-refractivity contribution >= 4 is 18.0 Å². The van der Waals surface area contributed by atoms with Crippen LogP contribution in [0.1, 0.15) is 18.4 Å². The number of carboxylic acid groups (broad SMARTS) is 1. The molecule has 1 aromatic carbocycles. The molecule has 0 heterocycles. The van der Waals surface area contributed by atoms with Crippen LogP contribution in [0.15, 0.2) is 30.3 Å². The molecule has 0 aliphatic carbocycles. The van der Waals surface area contributed by atoms with Gasteiger partial charge in [0.1, 0.15) is 12.6 Å². The summed E-state index contributed by atoms with van der Waals surface area (Å²) in [4.78, 5) is 33.0. The third-order valence-corrected chi connectivity index (χ3v) is 2.48. The van der Waals surface area contributed by atoms with Crippen molar-refractivity contribution in [2.24, 2.45) is 5.73 Å². The van der Waals surface area contributed by atoms with Crippen LogP contribution in [0.2, 0.25) is 0 Å². The predicted molar refractivity (Wildman–Crippen MR) is 69.6 cm³/mol. The molecule has 0 saturated heterocycles. The van der Waals surface area contributed by atoms with Gasteiger partial charge in [0.05, 0.1) is 0 Å². The maximum absolute atomic E-state index is 11.5. The lowest BCUT2D eigenvalue weighted by atomic mass is 10.2. The molecule has 0 spiro atoms. The Balaban J connectivity index is 2.41. The first-order valence-corrected chi connectivity index (χ1v) is 5.97. The number of benzene rings is 1. The van der Waals surface area contributed by atoms with E-state index in [1.165, 1.54) is 0 Å². The third kappa shape index (κ3) is 5.85. The second kappa shape index (κ2) is 7.78. The largest absolute Gasteiger partial charge is 0.480 e. The lowest BCUT2D eigenvalue weighted by Crippen LogP contribution is -2.41. The second-order valence-electron chi connectivity index (χ2n) is 4.10. The molecule has 4 N–H and O–H groups in total. The molecule has 0 aliphatic heterocycles. The summed E-state index contributed by atoms with van der Waals surface area (Å²) in [6.07, 6.45) is -1.06. The monoisotopic (exact) mass is 281 g/mol. The topological polar surface area (TPSA) is 119 Å². The van der Waals surface area contributed by atoms with E-state index in [1.807, 2.05) is 6.07 Å². The summed E-state index contributed by atoms with van der Waals surface area (Å²) < 4.78 is 4.89. The Hall–Kier alpha value is -2.57. The standard InChI is InChI=1S/C13H16N2O5/c14-11(16)7-6-10(12(17)18)15-13(19)20-8-9-4-2-1-3-5-9/h1-5,10H,6-8H2,(H2,14,16)(H,15,19)(H,17,18)/t10-/m0/s1/i7+1. The van der Waals surface area contributed by atoms with Gasteiger partial charge in [-0.15, -0.1) is 0 Å². The summed E-state index contributed by atoms with van der Waals surface area (Å²) in [7, 11) is 0. The van der Waals surface area contributed by atoms with Crippen LogP contribution < -0.4 is 11.1 Å². The van der Waals surface area contributed by atoms with Crippen LogP contribution in [0.25, 0.3) is 0 Å². The van der Waals surface area contributed by atoms with Crippen molar-refractivity contribution in [3.05, 3.63) is 35.9 Å². The molecule has 1 atom stereocenters. The van der Waals surface area contributed by atoms with Gasteiger partial charge >= 0.3 is 12.1 Å². The van der Waals surface area contributed by atoms with Crippen LogP contribution in [-0.4, -0.2) is 29.1 Å². The minimum atomic E-state index is -1.25. The van der Waals surface area contributed by atoms with Crippen LogP contribution in [0.5, 0.6) is 0 Å². The van der Waals surface area contributed by atoms with Crippen molar-refractivity contribution in [1.29, 1.82) is 0 Å². The molecular formula is C13H16N2O5. The van der Waals surface area contributed by atoms with Crippen LogP contribution in [0.4, 0.5) is 4.79 Å². The van der Waals surface area contributed by atoms with Gasteiger partial charge in [0.25, 0.3) is 0 Å². The number of carbonyl (C=O) groups is 3. The molecule has 2 amide bonds. The molecule has 0 bridgehead atoms. The molecule has 7 nitrogen and oxygen atoms in total. The highest BCUT2D eigenvalue weighted by Gasteiger charge is 2.21. The Kier molecular flexibility index (Phi) is 6.02. The fourth-order valence-electron chi connectivity index (χ4n) is 1.45. The number of rotatable bonds is 7. The second-order valence-corrected chi connectivity index (χ2v) is 4.10. The highest BCUT2D eigenvalue weighted by molar-refractivity contribution is 5.81. The number of alkyl carbamates (subject to hydrolysis) is 1. The summed E-state index contributed by atoms with van der Waals surface area (Å²) in [5.41, 5.74) is 5.71. The number of aliphatic carboxylic acids is 1. The average molecular weight is 281 g/mol. The van der Waals surface area contributed by atoms with Gasteiger partial charge in [0.2, 0.25) is 5.91 Å². The minimum Gasteiger partial charge on any atom is -0.480 e. The van der Waals surface area contributed by atoms with E-state index in [0.29, 0.717) is 0 Å². The van der Waals surface area contributed by atoms with Crippen molar-refractivity contribution in [1.82, 2.24) is 5.32 Å². The number of ether oxygens (including phenoxy) is 1. The Morgan fingerprint density at radius 2 is 1.90 bits per heavy atom. The van der Waals surface area contributed by atoms with Gasteiger partial charge < -0.3 is 20.9 Å². The van der Waals surface area contributed by atoms with Crippen molar-refractivity contribution in [3.63, 3.8) is 0 Å². The van der Waals surface area contributed by atoms with Gasteiger partial charge in [-0.05, 0) is 12.0 Å². The summed E-state index contributed by atoms with van der Waals surface area (Å²) in [6, 6.07) is 7.76. The van der Waals surface area contributed by atoms with Crippen molar-refractivity contribution in [2.45, 2.75) is 25.5 Å². The van der Waals surface area contributed by atoms with E-state index < -0.39 is 24.0 Å². The predicted octanol–water partition coefficient (Wildman–Crippen LogP) is 0.631. The number of hydrogen-bond acceptors (Lipinski definition) is 4. The molecule has 0 fully saturated rings. The summed E-state index contributed by atoms with van der Waals surface area (Å²) in [5.74, 6) is -1.88. The Morgan fingerprint density at radius 1 is 1.25 bits per heavy atom. The van der Waals surface area contributed by atoms with E-state index in [9.17, 15) is 14.4 Å². The number of amides is 2. The third-order valence-electron chi connectivity index (χ3n) is 2.48. The molecule has 0 unspecified atom stereocenters. The fourth-order valence-corrected chi connectivity index (χ4v) is 1.45. The zero-order valence-corrected chi connectivity index (χ0v) is 10.7. The van der Waals surface area contributed by atoms with Gasteiger partial charge in [-0.2, -0.15) is 0 Å². The van der Waals surface area contributed by atoms with E-state index in [0.717, 1.165) is 5.56 Å². The van der Waals surface area contributed by atoms with Gasteiger partial charge in [-0.1, -0.05) is 30.3 Å². The summed E-state index contributed by atoms with van der Waals surface area (Å²) >= 11 is 0. The molecule has 1 aromatic rings. The molecule has 0 radical (unpaired) electrons. The highest BCUT2D eigenvalue weighted by atomic mass is 16.5. The summed E-state index contributed by atoms with van der Waals surface area (Å²) in [6.45, 7) is 0.0365. The van der Waals surface area contributed by atoms with Gasteiger partial charge in [-0.3, -0.25) is 4.79 Å². The maximum Gasteiger partial charge on any atom is 0.408 e. The zero-order valence-electron chi connectivity index (χ0n) is 10.7. The van der Waals surface area contributed by atoms with Crippen molar-refractivity contribution in [2.75, 3.05) is 0 Å².